The number of hydrogen-bond acceptors (Lipinski definition) is 2. The number of nitrogens with one attached hydrogen (secondary N) is 1. The number of rotatable bonds is 8. The van der Waals surface area contributed by atoms with Crippen molar-refractivity contribution in [2.75, 3.05) is 39.3 Å². The Labute approximate surface area is 149 Å². The molecule has 0 aliphatic carbocycles. The summed E-state index contributed by atoms with van der Waals surface area (Å²) in [7, 11) is 0. The Hall–Kier alpha value is -1.95. The lowest BCUT2D eigenvalue weighted by atomic mass is 10.1. The van der Waals surface area contributed by atoms with Crippen LogP contribution in [0.5, 0.6) is 0 Å². The van der Waals surface area contributed by atoms with Crippen LogP contribution in [0.25, 0.3) is 0 Å². The van der Waals surface area contributed by atoms with Gasteiger partial charge >= 0.3 is 6.03 Å². The molecule has 0 bridgehead atoms. The smallest absolute Gasteiger partial charge is 0.317 e. The van der Waals surface area contributed by atoms with E-state index in [-0.39, 0.29) is 11.8 Å². The van der Waals surface area contributed by atoms with Gasteiger partial charge in [-0.1, -0.05) is 13.3 Å². The first-order valence-corrected chi connectivity index (χ1v) is 9.20. The third-order valence-corrected chi connectivity index (χ3v) is 4.97. The molecule has 2 rings (SSSR count). The summed E-state index contributed by atoms with van der Waals surface area (Å²) < 4.78 is 14.0. The minimum atomic E-state index is -0.247. The minimum absolute atomic E-state index is 0.00162. The fraction of sp³-hybridized carbons (Fsp3) is 0.579. The molecule has 6 heteroatoms. The van der Waals surface area contributed by atoms with Crippen molar-refractivity contribution >= 4 is 18.0 Å². The molecule has 0 spiro atoms. The molecule has 138 valence electrons. The van der Waals surface area contributed by atoms with Crippen molar-refractivity contribution in [1.29, 1.82) is 0 Å². The summed E-state index contributed by atoms with van der Waals surface area (Å²) >= 11 is 0. The Morgan fingerprint density at radius 3 is 2.52 bits per heavy atom. The van der Waals surface area contributed by atoms with Crippen LogP contribution in [0, 0.1) is 5.82 Å². The molecule has 1 aliphatic rings. The quantitative estimate of drug-likeness (QED) is 0.445. The minimum Gasteiger partial charge on any atom is -0.338 e. The van der Waals surface area contributed by atoms with Crippen LogP contribution in [0.3, 0.4) is 0 Å². The van der Waals surface area contributed by atoms with Crippen LogP contribution in [0.1, 0.15) is 32.6 Å². The molecule has 0 atom stereocenters. The van der Waals surface area contributed by atoms with Crippen molar-refractivity contribution < 1.29 is 14.0 Å². The Bertz CT molecular complexity index is 554. The molecule has 1 N–H and O–H groups in total. The highest BCUT2D eigenvalue weighted by atomic mass is 19.1. The Morgan fingerprint density at radius 2 is 1.92 bits per heavy atom. The summed E-state index contributed by atoms with van der Waals surface area (Å²) in [5.41, 5.74) is 1.05. The number of unbranched alkanes of at least 4 members (excludes halogenated alkanes) is 2. The lowest BCUT2D eigenvalue weighted by molar-refractivity contribution is -0.108. The van der Waals surface area contributed by atoms with Gasteiger partial charge in [-0.25, -0.2) is 9.18 Å². The van der Waals surface area contributed by atoms with E-state index >= 15 is 0 Å². The molecule has 1 saturated heterocycles. The van der Waals surface area contributed by atoms with Gasteiger partial charge in [0.2, 0.25) is 0 Å². The zero-order valence-corrected chi connectivity index (χ0v) is 15.0. The molecule has 0 unspecified atom stereocenters. The van der Waals surface area contributed by atoms with E-state index in [0.717, 1.165) is 50.9 Å². The average molecular weight is 350 g/mol. The SMILES string of the molecule is CCCCNC(=O)N1CC[N+](CCCC=O)(c2ccc(F)cc2)CC1. The largest absolute Gasteiger partial charge is 0.338 e. The first-order valence-electron chi connectivity index (χ1n) is 9.20. The van der Waals surface area contributed by atoms with Gasteiger partial charge in [-0.3, -0.25) is 4.48 Å². The van der Waals surface area contributed by atoms with Gasteiger partial charge in [0.25, 0.3) is 0 Å². The average Bonchev–Trinajstić information content (AvgIpc) is 2.63. The maximum Gasteiger partial charge on any atom is 0.317 e. The van der Waals surface area contributed by atoms with Crippen LogP contribution in [0.15, 0.2) is 24.3 Å². The van der Waals surface area contributed by atoms with Crippen molar-refractivity contribution in [1.82, 2.24) is 14.7 Å². The second-order valence-corrected chi connectivity index (χ2v) is 6.67. The number of benzene rings is 1. The standard InChI is InChI=1S/C19H28FN3O2/c1-2-3-10-21-19(25)22-11-14-23(15-12-22,13-4-5-16-24)18-8-6-17(20)7-9-18/h6-9,16H,2-5,10-15H2,1H3/p+1. The third-order valence-electron chi connectivity index (χ3n) is 4.97. The van der Waals surface area contributed by atoms with Crippen LogP contribution in [-0.4, -0.2) is 56.5 Å². The van der Waals surface area contributed by atoms with E-state index in [9.17, 15) is 14.0 Å². The number of halogens is 1. The second-order valence-electron chi connectivity index (χ2n) is 6.67. The number of urea groups is 1. The van der Waals surface area contributed by atoms with Crippen molar-refractivity contribution in [2.24, 2.45) is 0 Å². The van der Waals surface area contributed by atoms with Crippen molar-refractivity contribution in [3.8, 4) is 0 Å². The molecule has 0 aromatic heterocycles. The second kappa shape index (κ2) is 9.51. The van der Waals surface area contributed by atoms with Crippen molar-refractivity contribution in [3.63, 3.8) is 0 Å². The topological polar surface area (TPSA) is 49.4 Å². The summed E-state index contributed by atoms with van der Waals surface area (Å²) in [6.45, 7) is 6.53. The molecule has 5 nitrogen and oxygen atoms in total. The lowest BCUT2D eigenvalue weighted by Gasteiger charge is -2.44. The summed E-state index contributed by atoms with van der Waals surface area (Å²) in [5, 5.41) is 2.96. The van der Waals surface area contributed by atoms with Crippen LogP contribution >= 0.6 is 0 Å². The van der Waals surface area contributed by atoms with Gasteiger partial charge < -0.3 is 15.0 Å². The molecule has 1 aliphatic heterocycles. The molecule has 0 saturated carbocycles. The molecule has 1 fully saturated rings. The molecule has 1 heterocycles. The molecule has 2 amide bonds. The van der Waals surface area contributed by atoms with E-state index in [1.165, 1.54) is 12.1 Å². The maximum atomic E-state index is 13.3. The molecule has 1 aromatic carbocycles. The van der Waals surface area contributed by atoms with Crippen LogP contribution in [0.4, 0.5) is 14.9 Å². The highest BCUT2D eigenvalue weighted by molar-refractivity contribution is 5.74. The highest BCUT2D eigenvalue weighted by Gasteiger charge is 2.36. The van der Waals surface area contributed by atoms with Crippen molar-refractivity contribution in [3.05, 3.63) is 30.1 Å². The third kappa shape index (κ3) is 5.26. The van der Waals surface area contributed by atoms with Gasteiger partial charge in [-0.2, -0.15) is 0 Å². The first-order chi connectivity index (χ1) is 12.1. The number of amides is 2. The van der Waals surface area contributed by atoms with Gasteiger partial charge in [0.05, 0.1) is 19.6 Å². The fourth-order valence-corrected chi connectivity index (χ4v) is 3.38. The zero-order chi connectivity index (χ0) is 18.1. The molecular formula is C19H29FN3O2+. The van der Waals surface area contributed by atoms with Gasteiger partial charge in [0.15, 0.2) is 0 Å². The van der Waals surface area contributed by atoms with E-state index in [1.54, 1.807) is 0 Å². The Morgan fingerprint density at radius 1 is 1.24 bits per heavy atom. The number of aldehydes is 1. The summed E-state index contributed by atoms with van der Waals surface area (Å²) in [6.07, 6.45) is 4.31. The Kier molecular flexibility index (Phi) is 7.37. The number of piperazine rings is 1. The van der Waals surface area contributed by atoms with Gasteiger partial charge in [0, 0.05) is 31.5 Å². The number of quaternary nitrogens is 1. The summed E-state index contributed by atoms with van der Waals surface area (Å²) in [6, 6.07) is 6.62. The fourth-order valence-electron chi connectivity index (χ4n) is 3.38. The molecule has 0 radical (unpaired) electrons. The lowest BCUT2D eigenvalue weighted by Crippen LogP contribution is -2.63. The molecule has 1 aromatic rings. The predicted molar refractivity (Wildman–Crippen MR) is 98.0 cm³/mol. The normalized spacial score (nSPS) is 16.5. The Balaban J connectivity index is 2.02. The zero-order valence-electron chi connectivity index (χ0n) is 15.0. The van der Waals surface area contributed by atoms with Gasteiger partial charge in [-0.05, 0) is 18.6 Å². The van der Waals surface area contributed by atoms with Crippen LogP contribution in [0.2, 0.25) is 0 Å². The van der Waals surface area contributed by atoms with E-state index < -0.39 is 0 Å². The molecule has 25 heavy (non-hydrogen) atoms. The number of carbonyl (C=O) groups is 2. The summed E-state index contributed by atoms with van der Waals surface area (Å²) in [5.74, 6) is -0.247. The van der Waals surface area contributed by atoms with E-state index in [0.29, 0.717) is 30.5 Å². The molecular weight excluding hydrogens is 321 g/mol. The summed E-state index contributed by atoms with van der Waals surface area (Å²) in [4.78, 5) is 24.8. The van der Waals surface area contributed by atoms with E-state index in [4.69, 9.17) is 0 Å². The number of hydrogen-bond donors (Lipinski definition) is 1. The highest BCUT2D eigenvalue weighted by Crippen LogP contribution is 2.26. The van der Waals surface area contributed by atoms with E-state index in [1.807, 2.05) is 17.0 Å². The number of nitrogens with zero attached hydrogens (tertiary/aromatic N) is 2. The van der Waals surface area contributed by atoms with Crippen molar-refractivity contribution in [2.45, 2.75) is 32.6 Å². The van der Waals surface area contributed by atoms with Crippen LogP contribution in [-0.2, 0) is 4.79 Å². The first kappa shape index (κ1) is 19.4. The number of carbonyl (C=O) groups excluding carboxylic acids is 2. The van der Waals surface area contributed by atoms with E-state index in [2.05, 4.69) is 12.2 Å². The monoisotopic (exact) mass is 350 g/mol. The predicted octanol–water partition coefficient (Wildman–Crippen LogP) is 2.94. The van der Waals surface area contributed by atoms with Gasteiger partial charge in [-0.15, -0.1) is 0 Å². The van der Waals surface area contributed by atoms with Gasteiger partial charge in [0.1, 0.15) is 30.9 Å². The van der Waals surface area contributed by atoms with Crippen LogP contribution < -0.4 is 9.80 Å². The maximum absolute atomic E-state index is 13.3.